The van der Waals surface area contributed by atoms with Crippen LogP contribution in [0.3, 0.4) is 0 Å². The van der Waals surface area contributed by atoms with E-state index >= 15 is 0 Å². The van der Waals surface area contributed by atoms with Crippen molar-refractivity contribution >= 4 is 17.5 Å². The highest BCUT2D eigenvalue weighted by atomic mass is 32.2. The maximum Gasteiger partial charge on any atom is 0.171 e. The van der Waals surface area contributed by atoms with Gasteiger partial charge in [-0.3, -0.25) is 4.79 Å². The molecule has 3 heteroatoms. The summed E-state index contributed by atoms with van der Waals surface area (Å²) in [5.74, 6) is -0.413. The summed E-state index contributed by atoms with van der Waals surface area (Å²) >= 11 is 1.35. The molecule has 0 aliphatic rings. The molecule has 0 amide bonds. The normalized spacial score (nSPS) is 10.3. The highest BCUT2D eigenvalue weighted by molar-refractivity contribution is 7.98. The van der Waals surface area contributed by atoms with Crippen LogP contribution in [0.4, 0.5) is 4.39 Å². The quantitative estimate of drug-likeness (QED) is 0.610. The molecule has 0 aliphatic carbocycles. The van der Waals surface area contributed by atoms with Gasteiger partial charge in [0.2, 0.25) is 0 Å². The number of benzene rings is 2. The Labute approximate surface area is 110 Å². The lowest BCUT2D eigenvalue weighted by molar-refractivity contribution is 0.103. The van der Waals surface area contributed by atoms with Crippen LogP contribution in [0.2, 0.25) is 0 Å². The van der Waals surface area contributed by atoms with Gasteiger partial charge in [0.15, 0.2) is 5.78 Å². The first kappa shape index (κ1) is 12.8. The summed E-state index contributed by atoms with van der Waals surface area (Å²) in [4.78, 5) is 12.5. The van der Waals surface area contributed by atoms with Gasteiger partial charge in [0, 0.05) is 10.5 Å². The van der Waals surface area contributed by atoms with E-state index in [0.29, 0.717) is 16.0 Å². The number of Topliss-reactive ketones (excluding diaryl/α,β-unsaturated/α-hetero) is 1. The van der Waals surface area contributed by atoms with Crippen LogP contribution < -0.4 is 0 Å². The fourth-order valence-electron chi connectivity index (χ4n) is 1.61. The second-order valence-corrected chi connectivity index (χ2v) is 4.62. The van der Waals surface area contributed by atoms with Crippen molar-refractivity contribution in [3.8, 4) is 0 Å². The minimum Gasteiger partial charge on any atom is -0.293 e. The minimum atomic E-state index is -0.294. The Bertz CT molecular complexity index is 552. The molecule has 0 bridgehead atoms. The van der Waals surface area contributed by atoms with E-state index in [0.717, 1.165) is 0 Å². The van der Waals surface area contributed by atoms with Gasteiger partial charge in [-0.1, -0.05) is 36.4 Å². The highest BCUT2D eigenvalue weighted by Gasteiger charge is 2.09. The zero-order valence-electron chi connectivity index (χ0n) is 9.89. The summed E-state index contributed by atoms with van der Waals surface area (Å²) in [5.41, 5.74) is 1.19. The molecule has 0 fully saturated rings. The second kappa shape index (κ2) is 5.83. The summed E-state index contributed by atoms with van der Waals surface area (Å²) in [5, 5.41) is 0. The molecule has 1 radical (unpaired) electrons. The van der Waals surface area contributed by atoms with Gasteiger partial charge in [-0.2, -0.15) is 0 Å². The molecule has 0 spiro atoms. The lowest BCUT2D eigenvalue weighted by Crippen LogP contribution is -2.01. The van der Waals surface area contributed by atoms with Gasteiger partial charge in [-0.15, -0.1) is 11.8 Å². The van der Waals surface area contributed by atoms with E-state index in [1.165, 1.54) is 24.2 Å². The smallest absolute Gasteiger partial charge is 0.171 e. The van der Waals surface area contributed by atoms with Crippen LogP contribution >= 0.6 is 11.8 Å². The zero-order valence-corrected chi connectivity index (χ0v) is 10.7. The van der Waals surface area contributed by atoms with E-state index in [1.54, 1.807) is 36.4 Å². The molecule has 0 aliphatic heterocycles. The number of ketones is 1. The molecule has 2 aromatic carbocycles. The molecule has 0 heterocycles. The summed E-state index contributed by atoms with van der Waals surface area (Å²) in [7, 11) is 0. The molecule has 91 valence electrons. The number of thioether (sulfide) groups is 1. The molecule has 0 saturated heterocycles. The predicted molar refractivity (Wildman–Crippen MR) is 72.4 cm³/mol. The maximum atomic E-state index is 13.6. The Morgan fingerprint density at radius 3 is 2.50 bits per heavy atom. The van der Waals surface area contributed by atoms with Gasteiger partial charge in [0.05, 0.1) is 6.42 Å². The molecule has 18 heavy (non-hydrogen) atoms. The maximum absolute atomic E-state index is 13.6. The topological polar surface area (TPSA) is 17.1 Å². The first-order valence-corrected chi connectivity index (χ1v) is 6.71. The molecule has 2 aromatic rings. The van der Waals surface area contributed by atoms with E-state index in [4.69, 9.17) is 0 Å². The van der Waals surface area contributed by atoms with Gasteiger partial charge in [0.25, 0.3) is 0 Å². The number of carbonyl (C=O) groups is 1. The van der Waals surface area contributed by atoms with E-state index < -0.39 is 0 Å². The average molecular weight is 259 g/mol. The van der Waals surface area contributed by atoms with Gasteiger partial charge in [0.1, 0.15) is 5.82 Å². The number of hydrogen-bond acceptors (Lipinski definition) is 2. The zero-order chi connectivity index (χ0) is 13.0. The fourth-order valence-corrected chi connectivity index (χ4v) is 2.07. The van der Waals surface area contributed by atoms with E-state index in [9.17, 15) is 9.18 Å². The van der Waals surface area contributed by atoms with Crippen molar-refractivity contribution in [3.05, 3.63) is 71.9 Å². The standard InChI is InChI=1S/C15H12FOS/c1-18-15-8-7-11(9-13(15)16)10-14(17)12-5-3-2-4-6-12/h2-10H,1H3. The number of halogens is 1. The van der Waals surface area contributed by atoms with Crippen LogP contribution in [0, 0.1) is 12.2 Å². The van der Waals surface area contributed by atoms with Crippen molar-refractivity contribution in [2.45, 2.75) is 4.90 Å². The molecule has 0 atom stereocenters. The van der Waals surface area contributed by atoms with Gasteiger partial charge >= 0.3 is 0 Å². The van der Waals surface area contributed by atoms with Crippen molar-refractivity contribution < 1.29 is 9.18 Å². The van der Waals surface area contributed by atoms with E-state index in [-0.39, 0.29) is 11.6 Å². The molecule has 0 unspecified atom stereocenters. The second-order valence-electron chi connectivity index (χ2n) is 3.77. The van der Waals surface area contributed by atoms with Gasteiger partial charge < -0.3 is 0 Å². The third-order valence-corrected chi connectivity index (χ3v) is 3.30. The number of carbonyl (C=O) groups excluding carboxylic acids is 1. The summed E-state index contributed by atoms with van der Waals surface area (Å²) in [6, 6.07) is 13.8. The van der Waals surface area contributed by atoms with Crippen molar-refractivity contribution in [2.24, 2.45) is 0 Å². The van der Waals surface area contributed by atoms with Crippen LogP contribution in [0.25, 0.3) is 0 Å². The van der Waals surface area contributed by atoms with Gasteiger partial charge in [-0.05, 0) is 24.0 Å². The Hall–Kier alpha value is -1.61. The largest absolute Gasteiger partial charge is 0.293 e. The summed E-state index contributed by atoms with van der Waals surface area (Å²) in [6.45, 7) is 0. The summed E-state index contributed by atoms with van der Waals surface area (Å²) < 4.78 is 13.6. The van der Waals surface area contributed by atoms with Crippen molar-refractivity contribution in [2.75, 3.05) is 6.26 Å². The van der Waals surface area contributed by atoms with Crippen molar-refractivity contribution in [1.82, 2.24) is 0 Å². The first-order chi connectivity index (χ1) is 8.70. The monoisotopic (exact) mass is 259 g/mol. The fraction of sp³-hybridized carbons (Fsp3) is 0.0667. The molecule has 0 N–H and O–H groups in total. The van der Waals surface area contributed by atoms with Crippen molar-refractivity contribution in [3.63, 3.8) is 0 Å². The lowest BCUT2D eigenvalue weighted by atomic mass is 10.0. The van der Waals surface area contributed by atoms with Crippen LogP contribution in [0.15, 0.2) is 53.4 Å². The summed E-state index contributed by atoms with van der Waals surface area (Å²) in [6.07, 6.45) is 3.26. The first-order valence-electron chi connectivity index (χ1n) is 5.48. The molecular weight excluding hydrogens is 247 g/mol. The van der Waals surface area contributed by atoms with Crippen LogP contribution in [-0.2, 0) is 0 Å². The minimum absolute atomic E-state index is 0.119. The Kier molecular flexibility index (Phi) is 4.15. The molecular formula is C15H12FOS. The number of rotatable bonds is 4. The third kappa shape index (κ3) is 2.99. The lowest BCUT2D eigenvalue weighted by Gasteiger charge is -2.03. The Balaban J connectivity index is 2.15. The molecule has 0 saturated carbocycles. The average Bonchev–Trinajstić information content (AvgIpc) is 2.40. The van der Waals surface area contributed by atoms with Crippen LogP contribution in [0.5, 0.6) is 0 Å². The highest BCUT2D eigenvalue weighted by Crippen LogP contribution is 2.21. The van der Waals surface area contributed by atoms with E-state index in [2.05, 4.69) is 0 Å². The predicted octanol–water partition coefficient (Wildman–Crippen LogP) is 3.98. The molecule has 0 aromatic heterocycles. The van der Waals surface area contributed by atoms with Crippen LogP contribution in [-0.4, -0.2) is 12.0 Å². The van der Waals surface area contributed by atoms with E-state index in [1.807, 2.05) is 12.3 Å². The van der Waals surface area contributed by atoms with Crippen molar-refractivity contribution in [1.29, 1.82) is 0 Å². The molecule has 2 rings (SSSR count). The third-order valence-electron chi connectivity index (χ3n) is 2.53. The van der Waals surface area contributed by atoms with Gasteiger partial charge in [-0.25, -0.2) is 4.39 Å². The SMILES string of the molecule is CSc1ccc([CH]C(=O)c2ccccc2)cc1F. The number of hydrogen-bond donors (Lipinski definition) is 0. The van der Waals surface area contributed by atoms with Crippen LogP contribution in [0.1, 0.15) is 15.9 Å². The Morgan fingerprint density at radius 1 is 1.17 bits per heavy atom. The Morgan fingerprint density at radius 2 is 1.89 bits per heavy atom. The molecule has 1 nitrogen and oxygen atoms in total.